The number of aromatic nitrogens is 1. The summed E-state index contributed by atoms with van der Waals surface area (Å²) in [6.45, 7) is 9.05. The minimum Gasteiger partial charge on any atom is -0.385 e. The lowest BCUT2D eigenvalue weighted by molar-refractivity contribution is 0.158. The molecule has 0 bridgehead atoms. The van der Waals surface area contributed by atoms with Crippen LogP contribution in [0, 0.1) is 0 Å². The van der Waals surface area contributed by atoms with Crippen LogP contribution in [0.4, 0.5) is 0 Å². The molecule has 100 valence electrons. The van der Waals surface area contributed by atoms with E-state index in [0.717, 1.165) is 11.4 Å². The molecule has 2 N–H and O–H groups in total. The molecule has 2 rings (SSSR count). The molecule has 1 aliphatic carbocycles. The van der Waals surface area contributed by atoms with Crippen LogP contribution in [0.5, 0.6) is 0 Å². The zero-order valence-electron chi connectivity index (χ0n) is 11.8. The van der Waals surface area contributed by atoms with Gasteiger partial charge in [0.1, 0.15) is 6.10 Å². The Morgan fingerprint density at radius 2 is 2.06 bits per heavy atom. The van der Waals surface area contributed by atoms with Gasteiger partial charge < -0.3 is 10.4 Å². The highest BCUT2D eigenvalue weighted by molar-refractivity contribution is 5.25. The molecule has 1 aromatic heterocycles. The lowest BCUT2D eigenvalue weighted by Gasteiger charge is -2.23. The van der Waals surface area contributed by atoms with Crippen LogP contribution in [-0.4, -0.2) is 22.2 Å². The van der Waals surface area contributed by atoms with Gasteiger partial charge in [0, 0.05) is 23.2 Å². The zero-order valence-corrected chi connectivity index (χ0v) is 11.8. The summed E-state index contributed by atoms with van der Waals surface area (Å²) in [5, 5.41) is 13.5. The molecule has 1 aromatic rings. The molecular weight excluding hydrogens is 224 g/mol. The number of aliphatic hydroxyl groups is 1. The van der Waals surface area contributed by atoms with Crippen molar-refractivity contribution in [2.75, 3.05) is 6.54 Å². The van der Waals surface area contributed by atoms with E-state index in [4.69, 9.17) is 0 Å². The largest absolute Gasteiger partial charge is 0.385 e. The van der Waals surface area contributed by atoms with Crippen LogP contribution >= 0.6 is 0 Å². The highest BCUT2D eigenvalue weighted by Gasteiger charge is 2.40. The predicted octanol–water partition coefficient (Wildman–Crippen LogP) is 2.55. The molecule has 1 atom stereocenters. The number of pyridine rings is 1. The Morgan fingerprint density at radius 1 is 1.39 bits per heavy atom. The summed E-state index contributed by atoms with van der Waals surface area (Å²) >= 11 is 0. The third-order valence-electron chi connectivity index (χ3n) is 3.56. The summed E-state index contributed by atoms with van der Waals surface area (Å²) in [4.78, 5) is 4.62. The average molecular weight is 248 g/mol. The molecule has 0 unspecified atom stereocenters. The third-order valence-corrected chi connectivity index (χ3v) is 3.56. The van der Waals surface area contributed by atoms with Gasteiger partial charge in [-0.2, -0.15) is 0 Å². The van der Waals surface area contributed by atoms with E-state index < -0.39 is 6.10 Å². The molecule has 1 saturated carbocycles. The lowest BCUT2D eigenvalue weighted by atomic mass is 10.0. The minimum atomic E-state index is -0.536. The van der Waals surface area contributed by atoms with E-state index in [9.17, 15) is 5.11 Å². The smallest absolute Gasteiger partial charge is 0.108 e. The molecule has 1 aliphatic rings. The quantitative estimate of drug-likeness (QED) is 0.860. The molecular formula is C15H24N2O. The van der Waals surface area contributed by atoms with Crippen LogP contribution in [0.25, 0.3) is 0 Å². The molecule has 0 aromatic carbocycles. The van der Waals surface area contributed by atoms with Crippen molar-refractivity contribution < 1.29 is 5.11 Å². The van der Waals surface area contributed by atoms with Crippen LogP contribution < -0.4 is 5.32 Å². The van der Waals surface area contributed by atoms with Gasteiger partial charge in [0.15, 0.2) is 0 Å². The molecule has 0 saturated heterocycles. The van der Waals surface area contributed by atoms with Gasteiger partial charge in [-0.05, 0) is 45.7 Å². The van der Waals surface area contributed by atoms with Gasteiger partial charge in [-0.15, -0.1) is 0 Å². The van der Waals surface area contributed by atoms with E-state index in [1.54, 1.807) is 0 Å². The van der Waals surface area contributed by atoms with Crippen LogP contribution in [0.2, 0.25) is 0 Å². The third kappa shape index (κ3) is 3.30. The average Bonchev–Trinajstić information content (AvgIpc) is 3.05. The van der Waals surface area contributed by atoms with E-state index in [1.807, 2.05) is 12.1 Å². The van der Waals surface area contributed by atoms with Crippen molar-refractivity contribution in [1.29, 1.82) is 0 Å². The summed E-state index contributed by atoms with van der Waals surface area (Å²) in [5.41, 5.74) is 2.17. The van der Waals surface area contributed by atoms with Crippen LogP contribution in [-0.2, 0) is 5.41 Å². The molecule has 3 heteroatoms. The van der Waals surface area contributed by atoms with Gasteiger partial charge in [0.05, 0.1) is 5.69 Å². The highest BCUT2D eigenvalue weighted by Crippen LogP contribution is 2.46. The van der Waals surface area contributed by atoms with E-state index in [2.05, 4.69) is 44.1 Å². The first-order valence-electron chi connectivity index (χ1n) is 6.71. The molecule has 0 aliphatic heterocycles. The standard InChI is InChI=1S/C15H24N2O/c1-14(2,3)16-10-12(18)11-6-5-7-13(17-11)15(4)8-9-15/h5-7,12,16,18H,8-10H2,1-4H3/t12-/m0/s1. The summed E-state index contributed by atoms with van der Waals surface area (Å²) in [5.74, 6) is 0. The summed E-state index contributed by atoms with van der Waals surface area (Å²) in [6.07, 6.45) is 1.88. The maximum absolute atomic E-state index is 10.2. The van der Waals surface area contributed by atoms with E-state index >= 15 is 0 Å². The number of rotatable bonds is 4. The highest BCUT2D eigenvalue weighted by atomic mass is 16.3. The van der Waals surface area contributed by atoms with E-state index in [1.165, 1.54) is 12.8 Å². The van der Waals surface area contributed by atoms with Crippen molar-refractivity contribution >= 4 is 0 Å². The Morgan fingerprint density at radius 3 is 2.61 bits per heavy atom. The second-order valence-corrected chi connectivity index (χ2v) is 6.66. The number of hydrogen-bond donors (Lipinski definition) is 2. The Labute approximate surface area is 110 Å². The summed E-state index contributed by atoms with van der Waals surface area (Å²) in [7, 11) is 0. The Balaban J connectivity index is 2.04. The Hall–Kier alpha value is -0.930. The van der Waals surface area contributed by atoms with Gasteiger partial charge in [0.25, 0.3) is 0 Å². The second kappa shape index (κ2) is 4.63. The molecule has 0 spiro atoms. The first kappa shape index (κ1) is 13.5. The van der Waals surface area contributed by atoms with Crippen molar-refractivity contribution in [2.24, 2.45) is 0 Å². The van der Waals surface area contributed by atoms with Gasteiger partial charge in [-0.3, -0.25) is 4.98 Å². The fourth-order valence-electron chi connectivity index (χ4n) is 1.92. The molecule has 0 amide bonds. The second-order valence-electron chi connectivity index (χ2n) is 6.66. The SMILES string of the molecule is CC(C)(C)NC[C@H](O)c1cccc(C2(C)CC2)n1. The van der Waals surface area contributed by atoms with Crippen molar-refractivity contribution in [2.45, 2.75) is 57.6 Å². The van der Waals surface area contributed by atoms with E-state index in [-0.39, 0.29) is 11.0 Å². The molecule has 0 radical (unpaired) electrons. The Kier molecular flexibility index (Phi) is 3.47. The molecule has 18 heavy (non-hydrogen) atoms. The molecule has 1 heterocycles. The first-order chi connectivity index (χ1) is 8.30. The minimum absolute atomic E-state index is 0.0149. The Bertz CT molecular complexity index is 419. The zero-order chi connectivity index (χ0) is 13.4. The number of aliphatic hydroxyl groups excluding tert-OH is 1. The summed E-state index contributed by atoms with van der Waals surface area (Å²) in [6, 6.07) is 5.98. The fraction of sp³-hybridized carbons (Fsp3) is 0.667. The van der Waals surface area contributed by atoms with Gasteiger partial charge in [0.2, 0.25) is 0 Å². The van der Waals surface area contributed by atoms with Crippen LogP contribution in [0.3, 0.4) is 0 Å². The van der Waals surface area contributed by atoms with Crippen molar-refractivity contribution in [3.8, 4) is 0 Å². The maximum atomic E-state index is 10.2. The predicted molar refractivity (Wildman–Crippen MR) is 73.5 cm³/mol. The fourth-order valence-corrected chi connectivity index (χ4v) is 1.92. The number of hydrogen-bond acceptors (Lipinski definition) is 3. The van der Waals surface area contributed by atoms with Crippen molar-refractivity contribution in [1.82, 2.24) is 10.3 Å². The van der Waals surface area contributed by atoms with Gasteiger partial charge in [-0.25, -0.2) is 0 Å². The normalized spacial score (nSPS) is 19.6. The van der Waals surface area contributed by atoms with Crippen LogP contribution in [0.1, 0.15) is 58.0 Å². The van der Waals surface area contributed by atoms with Crippen molar-refractivity contribution in [3.05, 3.63) is 29.6 Å². The number of nitrogens with zero attached hydrogens (tertiary/aromatic N) is 1. The van der Waals surface area contributed by atoms with Gasteiger partial charge in [-0.1, -0.05) is 13.0 Å². The molecule has 1 fully saturated rings. The van der Waals surface area contributed by atoms with Gasteiger partial charge >= 0.3 is 0 Å². The number of β-amino-alcohol motifs (C(OH)–C–C–N with tert-alkyl or cyclic N) is 1. The maximum Gasteiger partial charge on any atom is 0.108 e. The topological polar surface area (TPSA) is 45.1 Å². The monoisotopic (exact) mass is 248 g/mol. The molecule has 3 nitrogen and oxygen atoms in total. The summed E-state index contributed by atoms with van der Waals surface area (Å²) < 4.78 is 0. The van der Waals surface area contributed by atoms with Crippen molar-refractivity contribution in [3.63, 3.8) is 0 Å². The van der Waals surface area contributed by atoms with E-state index in [0.29, 0.717) is 6.54 Å². The first-order valence-corrected chi connectivity index (χ1v) is 6.71. The lowest BCUT2D eigenvalue weighted by Crippen LogP contribution is -2.38. The van der Waals surface area contributed by atoms with Crippen LogP contribution in [0.15, 0.2) is 18.2 Å². The number of nitrogens with one attached hydrogen (secondary N) is 1.